The molecule has 0 heterocycles. The van der Waals surface area contributed by atoms with Gasteiger partial charge in [-0.2, -0.15) is 0 Å². The van der Waals surface area contributed by atoms with E-state index in [1.165, 1.54) is 13.2 Å². The smallest absolute Gasteiger partial charge is 0.337 e. The molecule has 0 bridgehead atoms. The summed E-state index contributed by atoms with van der Waals surface area (Å²) in [5.41, 5.74) is 0.937. The quantitative estimate of drug-likeness (QED) is 0.484. The van der Waals surface area contributed by atoms with Crippen LogP contribution in [0.2, 0.25) is 0 Å². The third-order valence-electron chi connectivity index (χ3n) is 3.74. The van der Waals surface area contributed by atoms with Gasteiger partial charge in [-0.05, 0) is 40.6 Å². The molecule has 3 rings (SSSR count). The van der Waals surface area contributed by atoms with Gasteiger partial charge in [0, 0.05) is 11.6 Å². The van der Waals surface area contributed by atoms with E-state index in [1.807, 2.05) is 0 Å². The average Bonchev–Trinajstić information content (AvgIpc) is 2.60. The van der Waals surface area contributed by atoms with Crippen molar-refractivity contribution in [3.63, 3.8) is 0 Å². The van der Waals surface area contributed by atoms with E-state index in [4.69, 9.17) is 11.3 Å². The number of carbonyl (C=O) groups is 1. The zero-order valence-corrected chi connectivity index (χ0v) is 12.6. The molecule has 0 amide bonds. The summed E-state index contributed by atoms with van der Waals surface area (Å²) in [4.78, 5) is 15.2. The van der Waals surface area contributed by atoms with E-state index in [0.29, 0.717) is 10.9 Å². The molecule has 0 saturated heterocycles. The first-order valence-electron chi connectivity index (χ1n) is 7.03. The summed E-state index contributed by atoms with van der Waals surface area (Å²) < 4.78 is 32.2. The van der Waals surface area contributed by atoms with E-state index in [2.05, 4.69) is 4.85 Å². The lowest BCUT2D eigenvalue weighted by Crippen LogP contribution is -2.01. The molecule has 0 N–H and O–H groups in total. The Bertz CT molecular complexity index is 1010. The Morgan fingerprint density at radius 3 is 2.50 bits per heavy atom. The van der Waals surface area contributed by atoms with Gasteiger partial charge in [-0.15, -0.1) is 0 Å². The highest BCUT2D eigenvalue weighted by molar-refractivity contribution is 6.06. The molecule has 0 aliphatic carbocycles. The van der Waals surface area contributed by atoms with Gasteiger partial charge in [0.05, 0.1) is 19.2 Å². The maximum absolute atomic E-state index is 14.3. The van der Waals surface area contributed by atoms with Crippen LogP contribution in [-0.2, 0) is 4.74 Å². The van der Waals surface area contributed by atoms with Crippen LogP contribution in [0.3, 0.4) is 0 Å². The molecule has 3 aromatic carbocycles. The minimum atomic E-state index is -0.768. The second-order valence-electron chi connectivity index (χ2n) is 5.12. The largest absolute Gasteiger partial charge is 0.465 e. The van der Waals surface area contributed by atoms with Gasteiger partial charge in [0.2, 0.25) is 0 Å². The first kappa shape index (κ1) is 15.6. The van der Waals surface area contributed by atoms with Crippen LogP contribution in [0.15, 0.2) is 48.5 Å². The molecule has 0 atom stereocenters. The van der Waals surface area contributed by atoms with Crippen LogP contribution in [0.1, 0.15) is 10.4 Å². The van der Waals surface area contributed by atoms with Crippen molar-refractivity contribution in [3.05, 3.63) is 77.1 Å². The van der Waals surface area contributed by atoms with Gasteiger partial charge in [0.1, 0.15) is 11.6 Å². The van der Waals surface area contributed by atoms with E-state index in [1.54, 1.807) is 30.3 Å². The number of esters is 1. The topological polar surface area (TPSA) is 30.7 Å². The summed E-state index contributed by atoms with van der Waals surface area (Å²) in [5, 5.41) is 1.26. The standard InChI is InChI=1S/C19H11F2NO2/c1-22-17-8-5-11-3-4-12(19(23)24-2)9-15(11)18(17)14-7-6-13(20)10-16(14)21/h3-10H,2H3. The molecule has 0 aromatic heterocycles. The summed E-state index contributed by atoms with van der Waals surface area (Å²) in [6.07, 6.45) is 0. The Morgan fingerprint density at radius 1 is 1.08 bits per heavy atom. The Hall–Kier alpha value is -3.26. The van der Waals surface area contributed by atoms with Crippen LogP contribution in [-0.4, -0.2) is 13.1 Å². The van der Waals surface area contributed by atoms with Crippen molar-refractivity contribution in [2.75, 3.05) is 7.11 Å². The Balaban J connectivity index is 2.39. The fraction of sp³-hybridized carbons (Fsp3) is 0.0526. The number of fused-ring (bicyclic) bond motifs is 1. The molecule has 0 unspecified atom stereocenters. The van der Waals surface area contributed by atoms with E-state index in [9.17, 15) is 13.6 Å². The number of halogens is 2. The maximum atomic E-state index is 14.3. The molecule has 24 heavy (non-hydrogen) atoms. The molecular weight excluding hydrogens is 312 g/mol. The van der Waals surface area contributed by atoms with Gasteiger partial charge in [0.25, 0.3) is 0 Å². The molecule has 3 nitrogen and oxygen atoms in total. The third kappa shape index (κ3) is 2.59. The zero-order chi connectivity index (χ0) is 17.3. The van der Waals surface area contributed by atoms with Crippen LogP contribution in [0.25, 0.3) is 26.7 Å². The molecule has 0 spiro atoms. The van der Waals surface area contributed by atoms with Crippen LogP contribution in [0.5, 0.6) is 0 Å². The van der Waals surface area contributed by atoms with Crippen LogP contribution < -0.4 is 0 Å². The van der Waals surface area contributed by atoms with Crippen molar-refractivity contribution < 1.29 is 18.3 Å². The number of rotatable bonds is 2. The summed E-state index contributed by atoms with van der Waals surface area (Å²) in [5.74, 6) is -2.00. The second kappa shape index (κ2) is 6.09. The minimum absolute atomic E-state index is 0.106. The first-order valence-corrected chi connectivity index (χ1v) is 7.03. The van der Waals surface area contributed by atoms with Crippen LogP contribution in [0, 0.1) is 18.2 Å². The predicted octanol–water partition coefficient (Wildman–Crippen LogP) is 5.12. The SMILES string of the molecule is [C-]#[N+]c1ccc2ccc(C(=O)OC)cc2c1-c1ccc(F)cc1F. The zero-order valence-electron chi connectivity index (χ0n) is 12.6. The van der Waals surface area contributed by atoms with E-state index < -0.39 is 17.6 Å². The van der Waals surface area contributed by atoms with Crippen molar-refractivity contribution in [2.45, 2.75) is 0 Å². The highest BCUT2D eigenvalue weighted by Gasteiger charge is 2.16. The number of hydrogen-bond donors (Lipinski definition) is 0. The fourth-order valence-corrected chi connectivity index (χ4v) is 2.62. The average molecular weight is 323 g/mol. The van der Waals surface area contributed by atoms with Crippen LogP contribution in [0.4, 0.5) is 14.5 Å². The van der Waals surface area contributed by atoms with Crippen LogP contribution >= 0.6 is 0 Å². The van der Waals surface area contributed by atoms with E-state index >= 15 is 0 Å². The minimum Gasteiger partial charge on any atom is -0.465 e. The number of methoxy groups -OCH3 is 1. The molecule has 5 heteroatoms. The Kier molecular flexibility index (Phi) is 3.97. The maximum Gasteiger partial charge on any atom is 0.337 e. The number of carbonyl (C=O) groups excluding carboxylic acids is 1. The number of nitrogens with zero attached hydrogens (tertiary/aromatic N) is 1. The van der Waals surface area contributed by atoms with Gasteiger partial charge >= 0.3 is 5.97 Å². The highest BCUT2D eigenvalue weighted by Crippen LogP contribution is 2.39. The van der Waals surface area contributed by atoms with E-state index in [-0.39, 0.29) is 16.8 Å². The summed E-state index contributed by atoms with van der Waals surface area (Å²) in [6.45, 7) is 7.33. The highest BCUT2D eigenvalue weighted by atomic mass is 19.1. The molecule has 0 radical (unpaired) electrons. The summed E-state index contributed by atoms with van der Waals surface area (Å²) in [7, 11) is 1.27. The fourth-order valence-electron chi connectivity index (χ4n) is 2.62. The Labute approximate surface area is 136 Å². The predicted molar refractivity (Wildman–Crippen MR) is 86.9 cm³/mol. The number of ether oxygens (including phenoxy) is 1. The van der Waals surface area contributed by atoms with Gasteiger partial charge in [0.15, 0.2) is 5.69 Å². The first-order chi connectivity index (χ1) is 11.5. The van der Waals surface area contributed by atoms with Crippen molar-refractivity contribution in [1.29, 1.82) is 0 Å². The lowest BCUT2D eigenvalue weighted by molar-refractivity contribution is 0.0601. The Morgan fingerprint density at radius 2 is 1.83 bits per heavy atom. The van der Waals surface area contributed by atoms with Crippen molar-refractivity contribution >= 4 is 22.4 Å². The molecule has 0 aliphatic rings. The summed E-state index contributed by atoms with van der Waals surface area (Å²) >= 11 is 0. The van der Waals surface area contributed by atoms with Gasteiger partial charge in [-0.25, -0.2) is 18.4 Å². The molecule has 3 aromatic rings. The summed E-state index contributed by atoms with van der Waals surface area (Å²) in [6, 6.07) is 11.3. The molecule has 0 aliphatic heterocycles. The second-order valence-corrected chi connectivity index (χ2v) is 5.12. The van der Waals surface area contributed by atoms with Crippen molar-refractivity contribution in [3.8, 4) is 11.1 Å². The van der Waals surface area contributed by atoms with Gasteiger partial charge in [-0.1, -0.05) is 18.2 Å². The molecule has 0 saturated carbocycles. The monoisotopic (exact) mass is 323 g/mol. The normalized spacial score (nSPS) is 10.4. The lowest BCUT2D eigenvalue weighted by Gasteiger charge is -2.12. The van der Waals surface area contributed by atoms with Crippen molar-refractivity contribution in [1.82, 2.24) is 0 Å². The van der Waals surface area contributed by atoms with Crippen molar-refractivity contribution in [2.24, 2.45) is 0 Å². The van der Waals surface area contributed by atoms with E-state index in [0.717, 1.165) is 17.5 Å². The molecular formula is C19H11F2NO2. The third-order valence-corrected chi connectivity index (χ3v) is 3.74. The van der Waals surface area contributed by atoms with Gasteiger partial charge < -0.3 is 4.74 Å². The molecule has 118 valence electrons. The lowest BCUT2D eigenvalue weighted by atomic mass is 9.94. The number of hydrogen-bond acceptors (Lipinski definition) is 2. The number of benzene rings is 3. The molecule has 0 fully saturated rings. The van der Waals surface area contributed by atoms with Gasteiger partial charge in [-0.3, -0.25) is 0 Å².